The van der Waals surface area contributed by atoms with Gasteiger partial charge in [0.25, 0.3) is 0 Å². The third-order valence-electron chi connectivity index (χ3n) is 1.74. The van der Waals surface area contributed by atoms with Gasteiger partial charge in [0.2, 0.25) is 0 Å². The molecule has 0 atom stereocenters. The fraction of sp³-hybridized carbons (Fsp3) is 0.571. The van der Waals surface area contributed by atoms with Crippen LogP contribution in [0.25, 0.3) is 0 Å². The van der Waals surface area contributed by atoms with Crippen LogP contribution in [-0.2, 0) is 19.1 Å². The number of carbonyl (C=O) groups excluding carboxylic acids is 2. The lowest BCUT2D eigenvalue weighted by Gasteiger charge is -2.09. The zero-order chi connectivity index (χ0) is 15.4. The van der Waals surface area contributed by atoms with Crippen LogP contribution in [-0.4, -0.2) is 50.7 Å². The van der Waals surface area contributed by atoms with Crippen LogP contribution in [0, 0.1) is 0 Å². The average molecular weight is 271 g/mol. The monoisotopic (exact) mass is 271 g/mol. The molecule has 0 aromatic carbocycles. The van der Waals surface area contributed by atoms with Gasteiger partial charge in [-0.15, -0.1) is 0 Å². The first-order chi connectivity index (χ1) is 8.72. The van der Waals surface area contributed by atoms with Crippen molar-refractivity contribution < 1.29 is 19.1 Å². The van der Waals surface area contributed by atoms with Crippen molar-refractivity contribution in [2.75, 3.05) is 33.9 Å². The van der Waals surface area contributed by atoms with Gasteiger partial charge in [-0.1, -0.05) is 13.2 Å². The van der Waals surface area contributed by atoms with Crippen LogP contribution >= 0.6 is 0 Å². The molecule has 0 N–H and O–H groups in total. The Morgan fingerprint density at radius 3 is 1.68 bits per heavy atom. The number of hydrogen-bond donors (Lipinski definition) is 0. The summed E-state index contributed by atoms with van der Waals surface area (Å²) in [6.07, 6.45) is 0. The Bertz CT molecular complexity index is 321. The molecule has 0 rings (SSSR count). The van der Waals surface area contributed by atoms with Gasteiger partial charge in [0.15, 0.2) is 0 Å². The summed E-state index contributed by atoms with van der Waals surface area (Å²) in [6, 6.07) is 0. The highest BCUT2D eigenvalue weighted by molar-refractivity contribution is 5.87. The van der Waals surface area contributed by atoms with Crippen molar-refractivity contribution in [1.29, 1.82) is 0 Å². The minimum absolute atomic E-state index is 0.312. The zero-order valence-electron chi connectivity index (χ0n) is 12.6. The molecular weight excluding hydrogens is 246 g/mol. The standard InChI is InChI=1S/C8H15NO2.C6H10O2/c1-7(2)8(10)11-6-5-9(3)4;1-4-8-6(7)5(2)3/h1,5-6H2,2-4H3;2,4H2,1,3H3. The summed E-state index contributed by atoms with van der Waals surface area (Å²) in [5.41, 5.74) is 0.899. The van der Waals surface area contributed by atoms with Crippen molar-refractivity contribution in [3.05, 3.63) is 24.3 Å². The van der Waals surface area contributed by atoms with E-state index in [1.807, 2.05) is 19.0 Å². The van der Waals surface area contributed by atoms with Crippen molar-refractivity contribution in [1.82, 2.24) is 4.90 Å². The molecule has 0 bridgehead atoms. The second-order valence-electron chi connectivity index (χ2n) is 4.22. The summed E-state index contributed by atoms with van der Waals surface area (Å²) in [5, 5.41) is 0. The number of hydrogen-bond acceptors (Lipinski definition) is 5. The first-order valence-electron chi connectivity index (χ1n) is 6.02. The second kappa shape index (κ2) is 11.5. The third-order valence-corrected chi connectivity index (χ3v) is 1.74. The number of nitrogens with zero attached hydrogens (tertiary/aromatic N) is 1. The molecule has 0 aromatic heterocycles. The Balaban J connectivity index is 0. The molecule has 0 amide bonds. The highest BCUT2D eigenvalue weighted by Gasteiger charge is 2.01. The molecule has 0 saturated heterocycles. The Morgan fingerprint density at radius 1 is 1.00 bits per heavy atom. The molecule has 0 aliphatic rings. The maximum atomic E-state index is 10.8. The van der Waals surface area contributed by atoms with Crippen molar-refractivity contribution >= 4 is 11.9 Å². The lowest BCUT2D eigenvalue weighted by molar-refractivity contribution is -0.139. The van der Waals surface area contributed by atoms with E-state index in [1.165, 1.54) is 0 Å². The highest BCUT2D eigenvalue weighted by Crippen LogP contribution is 1.91. The molecule has 0 heterocycles. The van der Waals surface area contributed by atoms with E-state index in [-0.39, 0.29) is 11.9 Å². The summed E-state index contributed by atoms with van der Waals surface area (Å²) in [7, 11) is 3.85. The van der Waals surface area contributed by atoms with Gasteiger partial charge in [-0.3, -0.25) is 0 Å². The molecule has 19 heavy (non-hydrogen) atoms. The maximum Gasteiger partial charge on any atom is 0.333 e. The van der Waals surface area contributed by atoms with Gasteiger partial charge < -0.3 is 14.4 Å². The number of esters is 2. The van der Waals surface area contributed by atoms with Crippen LogP contribution in [0.4, 0.5) is 0 Å². The predicted molar refractivity (Wildman–Crippen MR) is 75.8 cm³/mol. The lowest BCUT2D eigenvalue weighted by atomic mass is 10.4. The Labute approximate surface area is 115 Å². The second-order valence-corrected chi connectivity index (χ2v) is 4.22. The highest BCUT2D eigenvalue weighted by atomic mass is 16.5. The van der Waals surface area contributed by atoms with Crippen LogP contribution in [0.2, 0.25) is 0 Å². The summed E-state index contributed by atoms with van der Waals surface area (Å²) < 4.78 is 9.40. The Morgan fingerprint density at radius 2 is 1.42 bits per heavy atom. The van der Waals surface area contributed by atoms with Gasteiger partial charge in [0.05, 0.1) is 6.61 Å². The molecule has 0 aliphatic carbocycles. The van der Waals surface area contributed by atoms with Gasteiger partial charge in [-0.05, 0) is 34.9 Å². The maximum absolute atomic E-state index is 10.8. The van der Waals surface area contributed by atoms with Gasteiger partial charge in [-0.25, -0.2) is 9.59 Å². The Kier molecular flexibility index (Phi) is 11.9. The summed E-state index contributed by atoms with van der Waals surface area (Å²) in [6.45, 7) is 13.5. The number of ether oxygens (including phenoxy) is 2. The van der Waals surface area contributed by atoms with Gasteiger partial charge >= 0.3 is 11.9 Å². The average Bonchev–Trinajstić information content (AvgIpc) is 2.29. The van der Waals surface area contributed by atoms with E-state index < -0.39 is 0 Å². The van der Waals surface area contributed by atoms with Gasteiger partial charge in [0.1, 0.15) is 6.61 Å². The number of likely N-dealkylation sites (N-methyl/N-ethyl adjacent to an activating group) is 1. The fourth-order valence-electron chi connectivity index (χ4n) is 0.698. The molecular formula is C14H25NO4. The minimum atomic E-state index is -0.313. The zero-order valence-corrected chi connectivity index (χ0v) is 12.6. The van der Waals surface area contributed by atoms with Crippen LogP contribution in [0.1, 0.15) is 20.8 Å². The normalized spacial score (nSPS) is 9.16. The van der Waals surface area contributed by atoms with E-state index in [1.54, 1.807) is 20.8 Å². The summed E-state index contributed by atoms with van der Waals surface area (Å²) in [5.74, 6) is -0.626. The van der Waals surface area contributed by atoms with Crippen molar-refractivity contribution in [3.63, 3.8) is 0 Å². The van der Waals surface area contributed by atoms with E-state index >= 15 is 0 Å². The quantitative estimate of drug-likeness (QED) is 0.544. The fourth-order valence-corrected chi connectivity index (χ4v) is 0.698. The molecule has 0 saturated carbocycles. The molecule has 5 nitrogen and oxygen atoms in total. The van der Waals surface area contributed by atoms with E-state index in [0.717, 1.165) is 6.54 Å². The van der Waals surface area contributed by atoms with Crippen LogP contribution < -0.4 is 0 Å². The molecule has 0 spiro atoms. The molecule has 0 aliphatic heterocycles. The van der Waals surface area contributed by atoms with E-state index in [0.29, 0.717) is 24.4 Å². The lowest BCUT2D eigenvalue weighted by Crippen LogP contribution is -2.20. The Hall–Kier alpha value is -1.62. The molecule has 0 fully saturated rings. The van der Waals surface area contributed by atoms with Gasteiger partial charge in [0, 0.05) is 17.7 Å². The molecule has 0 radical (unpaired) electrons. The third kappa shape index (κ3) is 14.3. The van der Waals surface area contributed by atoms with E-state index in [2.05, 4.69) is 17.9 Å². The van der Waals surface area contributed by atoms with Crippen molar-refractivity contribution in [2.45, 2.75) is 20.8 Å². The summed E-state index contributed by atoms with van der Waals surface area (Å²) in [4.78, 5) is 23.2. The van der Waals surface area contributed by atoms with E-state index in [4.69, 9.17) is 4.74 Å². The number of carbonyl (C=O) groups is 2. The van der Waals surface area contributed by atoms with Crippen LogP contribution in [0.15, 0.2) is 24.3 Å². The molecule has 0 aromatic rings. The largest absolute Gasteiger partial charge is 0.463 e. The molecule has 5 heteroatoms. The topological polar surface area (TPSA) is 55.8 Å². The molecule has 110 valence electrons. The summed E-state index contributed by atoms with van der Waals surface area (Å²) >= 11 is 0. The van der Waals surface area contributed by atoms with Gasteiger partial charge in [-0.2, -0.15) is 0 Å². The number of rotatable bonds is 6. The van der Waals surface area contributed by atoms with Crippen molar-refractivity contribution in [3.8, 4) is 0 Å². The smallest absolute Gasteiger partial charge is 0.333 e. The van der Waals surface area contributed by atoms with Crippen LogP contribution in [0.5, 0.6) is 0 Å². The first kappa shape index (κ1) is 19.7. The predicted octanol–water partition coefficient (Wildman–Crippen LogP) is 1.79. The van der Waals surface area contributed by atoms with Crippen LogP contribution in [0.3, 0.4) is 0 Å². The van der Waals surface area contributed by atoms with Crippen molar-refractivity contribution in [2.24, 2.45) is 0 Å². The first-order valence-corrected chi connectivity index (χ1v) is 6.02. The minimum Gasteiger partial charge on any atom is -0.463 e. The molecule has 0 unspecified atom stereocenters. The van der Waals surface area contributed by atoms with E-state index in [9.17, 15) is 9.59 Å². The SMILES string of the molecule is C=C(C)C(=O)OCC.C=C(C)C(=O)OCCN(C)C.